The lowest BCUT2D eigenvalue weighted by Crippen LogP contribution is -2.30. The molecule has 92 valence electrons. The third kappa shape index (κ3) is 4.00. The Morgan fingerprint density at radius 2 is 1.88 bits per heavy atom. The Hall–Kier alpha value is -1.68. The van der Waals surface area contributed by atoms with Crippen molar-refractivity contribution in [2.45, 2.75) is 32.7 Å². The maximum atomic E-state index is 11.6. The Morgan fingerprint density at radius 1 is 1.29 bits per heavy atom. The van der Waals surface area contributed by atoms with E-state index in [0.29, 0.717) is 17.7 Å². The Morgan fingerprint density at radius 3 is 2.35 bits per heavy atom. The average molecular weight is 235 g/mol. The highest BCUT2D eigenvalue weighted by Gasteiger charge is 2.10. The molecular formula is C13H17NO3. The van der Waals surface area contributed by atoms with Crippen LogP contribution in [0.5, 0.6) is 5.75 Å². The van der Waals surface area contributed by atoms with Gasteiger partial charge in [0.25, 0.3) is 0 Å². The van der Waals surface area contributed by atoms with Gasteiger partial charge in [-0.2, -0.15) is 0 Å². The molecule has 0 radical (unpaired) electrons. The summed E-state index contributed by atoms with van der Waals surface area (Å²) in [4.78, 5) is 22.8. The number of ketones is 1. The second-order valence-corrected chi connectivity index (χ2v) is 3.91. The molecule has 0 saturated heterocycles. The predicted octanol–water partition coefficient (Wildman–Crippen LogP) is 1.92. The highest BCUT2D eigenvalue weighted by atomic mass is 16.5. The molecule has 0 aliphatic carbocycles. The van der Waals surface area contributed by atoms with Crippen LogP contribution in [-0.4, -0.2) is 17.8 Å². The van der Waals surface area contributed by atoms with Crippen molar-refractivity contribution in [3.8, 4) is 5.75 Å². The summed E-state index contributed by atoms with van der Waals surface area (Å²) < 4.78 is 5.00. The zero-order valence-corrected chi connectivity index (χ0v) is 10.1. The van der Waals surface area contributed by atoms with Crippen LogP contribution in [0.15, 0.2) is 24.3 Å². The SMILES string of the molecule is CCCC(=O)c1ccc(OC(=O)[C@H](C)N)cc1. The first-order valence-corrected chi connectivity index (χ1v) is 5.65. The largest absolute Gasteiger partial charge is 0.425 e. The number of benzene rings is 1. The van der Waals surface area contributed by atoms with E-state index in [1.165, 1.54) is 0 Å². The Bertz CT molecular complexity index is 396. The van der Waals surface area contributed by atoms with Crippen LogP contribution in [0.1, 0.15) is 37.0 Å². The third-order valence-electron chi connectivity index (χ3n) is 2.24. The molecule has 0 saturated carbocycles. The minimum absolute atomic E-state index is 0.0950. The van der Waals surface area contributed by atoms with Gasteiger partial charge < -0.3 is 10.5 Å². The van der Waals surface area contributed by atoms with E-state index in [9.17, 15) is 9.59 Å². The fraction of sp³-hybridized carbons (Fsp3) is 0.385. The van der Waals surface area contributed by atoms with Crippen molar-refractivity contribution in [3.63, 3.8) is 0 Å². The quantitative estimate of drug-likeness (QED) is 0.481. The molecule has 17 heavy (non-hydrogen) atoms. The first-order valence-electron chi connectivity index (χ1n) is 5.65. The molecule has 1 atom stereocenters. The molecule has 0 aliphatic rings. The summed E-state index contributed by atoms with van der Waals surface area (Å²) in [6.07, 6.45) is 1.35. The first kappa shape index (κ1) is 13.4. The lowest BCUT2D eigenvalue weighted by molar-refractivity contribution is -0.135. The summed E-state index contributed by atoms with van der Waals surface area (Å²) in [6, 6.07) is 5.85. The molecule has 0 bridgehead atoms. The minimum Gasteiger partial charge on any atom is -0.425 e. The molecule has 0 aliphatic heterocycles. The van der Waals surface area contributed by atoms with E-state index >= 15 is 0 Å². The normalized spacial score (nSPS) is 11.9. The molecule has 1 aromatic carbocycles. The van der Waals surface area contributed by atoms with Gasteiger partial charge in [-0.05, 0) is 37.6 Å². The molecule has 2 N–H and O–H groups in total. The Kier molecular flexibility index (Phi) is 4.84. The molecule has 0 amide bonds. The second kappa shape index (κ2) is 6.15. The van der Waals surface area contributed by atoms with Crippen molar-refractivity contribution in [1.82, 2.24) is 0 Å². The van der Waals surface area contributed by atoms with Gasteiger partial charge in [-0.25, -0.2) is 4.79 Å². The van der Waals surface area contributed by atoms with Gasteiger partial charge in [0, 0.05) is 12.0 Å². The summed E-state index contributed by atoms with van der Waals surface area (Å²) in [6.45, 7) is 3.51. The lowest BCUT2D eigenvalue weighted by Gasteiger charge is -2.07. The van der Waals surface area contributed by atoms with Crippen molar-refractivity contribution in [1.29, 1.82) is 0 Å². The monoisotopic (exact) mass is 235 g/mol. The Labute approximate surface area is 101 Å². The number of carbonyl (C=O) groups is 2. The van der Waals surface area contributed by atoms with Gasteiger partial charge in [0.2, 0.25) is 0 Å². The van der Waals surface area contributed by atoms with Crippen molar-refractivity contribution in [3.05, 3.63) is 29.8 Å². The molecule has 0 unspecified atom stereocenters. The fourth-order valence-corrected chi connectivity index (χ4v) is 1.29. The van der Waals surface area contributed by atoms with Crippen molar-refractivity contribution in [2.24, 2.45) is 5.73 Å². The zero-order valence-electron chi connectivity index (χ0n) is 10.1. The van der Waals surface area contributed by atoms with Gasteiger partial charge in [0.15, 0.2) is 5.78 Å². The van der Waals surface area contributed by atoms with Gasteiger partial charge in [-0.15, -0.1) is 0 Å². The highest BCUT2D eigenvalue weighted by Crippen LogP contribution is 2.14. The number of nitrogens with two attached hydrogens (primary N) is 1. The van der Waals surface area contributed by atoms with Gasteiger partial charge >= 0.3 is 5.97 Å². The van der Waals surface area contributed by atoms with Crippen molar-refractivity contribution < 1.29 is 14.3 Å². The molecule has 0 aromatic heterocycles. The number of Topliss-reactive ketones (excluding diaryl/α,β-unsaturated/α-hetero) is 1. The van der Waals surface area contributed by atoms with E-state index in [1.807, 2.05) is 6.92 Å². The molecule has 4 heteroatoms. The molecule has 1 aromatic rings. The van der Waals surface area contributed by atoms with Crippen LogP contribution in [0, 0.1) is 0 Å². The summed E-state index contributed by atoms with van der Waals surface area (Å²) in [5.41, 5.74) is 6.00. The molecule has 0 fully saturated rings. The number of esters is 1. The number of rotatable bonds is 5. The first-order chi connectivity index (χ1) is 8.04. The van der Waals surface area contributed by atoms with Crippen molar-refractivity contribution in [2.75, 3.05) is 0 Å². The summed E-state index contributed by atoms with van der Waals surface area (Å²) in [7, 11) is 0. The molecule has 1 rings (SSSR count). The van der Waals surface area contributed by atoms with Gasteiger partial charge in [-0.3, -0.25) is 4.79 Å². The van der Waals surface area contributed by atoms with E-state index in [0.717, 1.165) is 6.42 Å². The summed E-state index contributed by atoms with van der Waals surface area (Å²) in [5.74, 6) is 0.00977. The summed E-state index contributed by atoms with van der Waals surface area (Å²) in [5, 5.41) is 0. The summed E-state index contributed by atoms with van der Waals surface area (Å²) >= 11 is 0. The van der Waals surface area contributed by atoms with Crippen molar-refractivity contribution >= 4 is 11.8 Å². The predicted molar refractivity (Wildman–Crippen MR) is 65.0 cm³/mol. The number of carbonyl (C=O) groups excluding carboxylic acids is 2. The average Bonchev–Trinajstić information content (AvgIpc) is 2.30. The number of hydrogen-bond acceptors (Lipinski definition) is 4. The number of ether oxygens (including phenoxy) is 1. The van der Waals surface area contributed by atoms with Crippen LogP contribution in [0.25, 0.3) is 0 Å². The maximum absolute atomic E-state index is 11.6. The third-order valence-corrected chi connectivity index (χ3v) is 2.24. The van der Waals surface area contributed by atoms with Crippen LogP contribution in [0.2, 0.25) is 0 Å². The van der Waals surface area contributed by atoms with Crippen LogP contribution in [0.3, 0.4) is 0 Å². The van der Waals surface area contributed by atoms with Crippen LogP contribution >= 0.6 is 0 Å². The van der Waals surface area contributed by atoms with Gasteiger partial charge in [0.1, 0.15) is 11.8 Å². The zero-order chi connectivity index (χ0) is 12.8. The van der Waals surface area contributed by atoms with E-state index in [4.69, 9.17) is 10.5 Å². The van der Waals surface area contributed by atoms with Crippen LogP contribution < -0.4 is 10.5 Å². The molecule has 0 spiro atoms. The fourth-order valence-electron chi connectivity index (χ4n) is 1.29. The molecular weight excluding hydrogens is 218 g/mol. The van der Waals surface area contributed by atoms with Crippen LogP contribution in [-0.2, 0) is 4.79 Å². The minimum atomic E-state index is -0.656. The van der Waals surface area contributed by atoms with E-state index in [2.05, 4.69) is 0 Å². The second-order valence-electron chi connectivity index (χ2n) is 3.91. The van der Waals surface area contributed by atoms with Crippen LogP contribution in [0.4, 0.5) is 0 Å². The molecule has 0 heterocycles. The Balaban J connectivity index is 2.68. The lowest BCUT2D eigenvalue weighted by atomic mass is 10.1. The van der Waals surface area contributed by atoms with E-state index < -0.39 is 12.0 Å². The van der Waals surface area contributed by atoms with E-state index in [-0.39, 0.29) is 5.78 Å². The smallest absolute Gasteiger partial charge is 0.328 e. The highest BCUT2D eigenvalue weighted by molar-refractivity contribution is 5.96. The molecule has 4 nitrogen and oxygen atoms in total. The van der Waals surface area contributed by atoms with E-state index in [1.54, 1.807) is 31.2 Å². The standard InChI is InChI=1S/C13H17NO3/c1-3-4-12(15)10-5-7-11(8-6-10)17-13(16)9(2)14/h5-9H,3-4,14H2,1-2H3/t9-/m0/s1. The van der Waals surface area contributed by atoms with Gasteiger partial charge in [-0.1, -0.05) is 6.92 Å². The topological polar surface area (TPSA) is 69.4 Å². The maximum Gasteiger partial charge on any atom is 0.328 e. The van der Waals surface area contributed by atoms with Gasteiger partial charge in [0.05, 0.1) is 0 Å². The number of hydrogen-bond donors (Lipinski definition) is 1.